The maximum atomic E-state index is 10.8. The fourth-order valence-corrected chi connectivity index (χ4v) is 1.24. The van der Waals surface area contributed by atoms with Crippen molar-refractivity contribution in [2.45, 2.75) is 26.7 Å². The van der Waals surface area contributed by atoms with Crippen LogP contribution in [0.3, 0.4) is 0 Å². The number of hydrogen-bond donors (Lipinski definition) is 0. The van der Waals surface area contributed by atoms with Crippen molar-refractivity contribution in [1.82, 2.24) is 0 Å². The predicted molar refractivity (Wildman–Crippen MR) is 43.3 cm³/mol. The largest absolute Gasteiger partial charge is 0.390 e. The third-order valence-electron chi connectivity index (χ3n) is 1.58. The second kappa shape index (κ2) is 3.52. The van der Waals surface area contributed by atoms with Crippen LogP contribution in [-0.4, -0.2) is 11.9 Å². The van der Waals surface area contributed by atoms with Crippen LogP contribution < -0.4 is 0 Å². The first-order chi connectivity index (χ1) is 5.58. The van der Waals surface area contributed by atoms with E-state index in [1.54, 1.807) is 0 Å². The molecule has 0 aliphatic carbocycles. The van der Waals surface area contributed by atoms with E-state index < -0.39 is 11.9 Å². The van der Waals surface area contributed by atoms with Crippen LogP contribution in [0.2, 0.25) is 0 Å². The minimum absolute atomic E-state index is 0.268. The molecule has 0 spiro atoms. The number of hydrogen-bond acceptors (Lipinski definition) is 3. The Morgan fingerprint density at radius 1 is 1.50 bits per heavy atom. The van der Waals surface area contributed by atoms with Crippen LogP contribution in [0.1, 0.15) is 26.7 Å². The molecule has 1 rings (SSSR count). The van der Waals surface area contributed by atoms with Gasteiger partial charge in [-0.2, -0.15) is 0 Å². The molecule has 0 atom stereocenters. The normalized spacial score (nSPS) is 17.8. The number of carbonyl (C=O) groups excluding carboxylic acids is 2. The van der Waals surface area contributed by atoms with Gasteiger partial charge in [0.2, 0.25) is 0 Å². The molecular weight excluding hydrogens is 156 g/mol. The second-order valence-electron chi connectivity index (χ2n) is 3.37. The van der Waals surface area contributed by atoms with Crippen molar-refractivity contribution < 1.29 is 14.3 Å². The molecule has 1 heterocycles. The lowest BCUT2D eigenvalue weighted by molar-refractivity contribution is -0.156. The maximum Gasteiger partial charge on any atom is 0.338 e. The van der Waals surface area contributed by atoms with Crippen LogP contribution in [0.15, 0.2) is 11.6 Å². The highest BCUT2D eigenvalue weighted by molar-refractivity contribution is 5.96. The van der Waals surface area contributed by atoms with Gasteiger partial charge in [-0.25, -0.2) is 4.79 Å². The summed E-state index contributed by atoms with van der Waals surface area (Å²) in [4.78, 5) is 21.5. The molecule has 1 aliphatic rings. The highest BCUT2D eigenvalue weighted by Crippen LogP contribution is 2.18. The van der Waals surface area contributed by atoms with Crippen LogP contribution in [0, 0.1) is 5.92 Å². The van der Waals surface area contributed by atoms with Crippen LogP contribution in [0.5, 0.6) is 0 Å². The molecule has 0 saturated heterocycles. The Hall–Kier alpha value is -1.12. The fourth-order valence-electron chi connectivity index (χ4n) is 1.24. The van der Waals surface area contributed by atoms with E-state index >= 15 is 0 Å². The van der Waals surface area contributed by atoms with Gasteiger partial charge in [0.25, 0.3) is 0 Å². The van der Waals surface area contributed by atoms with Crippen molar-refractivity contribution in [3.8, 4) is 0 Å². The van der Waals surface area contributed by atoms with Gasteiger partial charge < -0.3 is 4.74 Å². The molecule has 12 heavy (non-hydrogen) atoms. The predicted octanol–water partition coefficient (Wildman–Crippen LogP) is 1.43. The van der Waals surface area contributed by atoms with Gasteiger partial charge in [-0.3, -0.25) is 4.79 Å². The molecule has 0 aromatic carbocycles. The Kier molecular flexibility index (Phi) is 2.63. The summed E-state index contributed by atoms with van der Waals surface area (Å²) in [6.07, 6.45) is 2.48. The molecule has 0 amide bonds. The minimum Gasteiger partial charge on any atom is -0.390 e. The van der Waals surface area contributed by atoms with E-state index in [2.05, 4.69) is 4.74 Å². The standard InChI is InChI=1S/C9H12O3/c1-6(2)3-7-4-8(10)12-9(11)5-7/h4,6H,3,5H2,1-2H3. The van der Waals surface area contributed by atoms with Gasteiger partial charge in [0.1, 0.15) is 0 Å². The van der Waals surface area contributed by atoms with E-state index in [0.717, 1.165) is 12.0 Å². The lowest BCUT2D eigenvalue weighted by atomic mass is 9.99. The summed E-state index contributed by atoms with van der Waals surface area (Å²) in [7, 11) is 0. The van der Waals surface area contributed by atoms with Crippen molar-refractivity contribution >= 4 is 11.9 Å². The molecular formula is C9H12O3. The first kappa shape index (κ1) is 8.97. The first-order valence-electron chi connectivity index (χ1n) is 4.02. The van der Waals surface area contributed by atoms with Gasteiger partial charge in [0.15, 0.2) is 0 Å². The Bertz CT molecular complexity index is 238. The van der Waals surface area contributed by atoms with Gasteiger partial charge in [-0.05, 0) is 12.3 Å². The average Bonchev–Trinajstić information content (AvgIpc) is 1.81. The summed E-state index contributed by atoms with van der Waals surface area (Å²) in [6.45, 7) is 4.09. The van der Waals surface area contributed by atoms with Crippen molar-refractivity contribution in [3.05, 3.63) is 11.6 Å². The monoisotopic (exact) mass is 168 g/mol. The average molecular weight is 168 g/mol. The SMILES string of the molecule is CC(C)CC1=CC(=O)OC(=O)C1. The van der Waals surface area contributed by atoms with E-state index in [0.29, 0.717) is 5.92 Å². The van der Waals surface area contributed by atoms with Gasteiger partial charge in [0.05, 0.1) is 6.42 Å². The van der Waals surface area contributed by atoms with E-state index in [9.17, 15) is 9.59 Å². The molecule has 3 nitrogen and oxygen atoms in total. The van der Waals surface area contributed by atoms with E-state index in [1.165, 1.54) is 6.08 Å². The Balaban J connectivity index is 2.64. The highest BCUT2D eigenvalue weighted by Gasteiger charge is 2.18. The summed E-state index contributed by atoms with van der Waals surface area (Å²) in [5.74, 6) is -0.491. The van der Waals surface area contributed by atoms with Crippen LogP contribution >= 0.6 is 0 Å². The van der Waals surface area contributed by atoms with E-state index in [-0.39, 0.29) is 6.42 Å². The Labute approximate surface area is 71.4 Å². The molecule has 1 aliphatic heterocycles. The van der Waals surface area contributed by atoms with Crippen molar-refractivity contribution in [2.75, 3.05) is 0 Å². The van der Waals surface area contributed by atoms with Crippen molar-refractivity contribution in [3.63, 3.8) is 0 Å². The molecule has 0 aromatic heterocycles. The zero-order chi connectivity index (χ0) is 9.14. The fraction of sp³-hybridized carbons (Fsp3) is 0.556. The summed E-state index contributed by atoms with van der Waals surface area (Å²) in [5, 5.41) is 0. The summed E-state index contributed by atoms with van der Waals surface area (Å²) >= 11 is 0. The number of cyclic esters (lactones) is 2. The molecule has 0 N–H and O–H groups in total. The molecule has 0 saturated carbocycles. The first-order valence-corrected chi connectivity index (χ1v) is 4.02. The van der Waals surface area contributed by atoms with Crippen LogP contribution in [-0.2, 0) is 14.3 Å². The summed E-state index contributed by atoms with van der Waals surface area (Å²) < 4.78 is 4.34. The van der Waals surface area contributed by atoms with Crippen LogP contribution in [0.25, 0.3) is 0 Å². The molecule has 0 fully saturated rings. The highest BCUT2D eigenvalue weighted by atomic mass is 16.6. The van der Waals surface area contributed by atoms with E-state index in [1.807, 2.05) is 13.8 Å². The zero-order valence-corrected chi connectivity index (χ0v) is 7.29. The van der Waals surface area contributed by atoms with Gasteiger partial charge in [-0.1, -0.05) is 19.4 Å². The molecule has 0 radical (unpaired) electrons. The lowest BCUT2D eigenvalue weighted by Crippen LogP contribution is -2.17. The van der Waals surface area contributed by atoms with E-state index in [4.69, 9.17) is 0 Å². The Morgan fingerprint density at radius 3 is 2.67 bits per heavy atom. The Morgan fingerprint density at radius 2 is 2.17 bits per heavy atom. The lowest BCUT2D eigenvalue weighted by Gasteiger charge is -2.12. The number of rotatable bonds is 2. The molecule has 66 valence electrons. The molecule has 0 aromatic rings. The van der Waals surface area contributed by atoms with Gasteiger partial charge >= 0.3 is 11.9 Å². The van der Waals surface area contributed by atoms with Gasteiger partial charge in [-0.15, -0.1) is 0 Å². The summed E-state index contributed by atoms with van der Waals surface area (Å²) in [5.41, 5.74) is 0.881. The summed E-state index contributed by atoms with van der Waals surface area (Å²) in [6, 6.07) is 0. The number of esters is 2. The number of carbonyl (C=O) groups is 2. The molecule has 0 bridgehead atoms. The van der Waals surface area contributed by atoms with Crippen molar-refractivity contribution in [2.24, 2.45) is 5.92 Å². The van der Waals surface area contributed by atoms with Crippen LogP contribution in [0.4, 0.5) is 0 Å². The third kappa shape index (κ3) is 2.49. The van der Waals surface area contributed by atoms with Crippen molar-refractivity contribution in [1.29, 1.82) is 0 Å². The maximum absolute atomic E-state index is 10.8. The topological polar surface area (TPSA) is 43.4 Å². The molecule has 0 unspecified atom stereocenters. The smallest absolute Gasteiger partial charge is 0.338 e. The second-order valence-corrected chi connectivity index (χ2v) is 3.37. The quantitative estimate of drug-likeness (QED) is 0.462. The molecule has 3 heteroatoms. The minimum atomic E-state index is -0.526. The van der Waals surface area contributed by atoms with Gasteiger partial charge in [0, 0.05) is 6.08 Å². The zero-order valence-electron chi connectivity index (χ0n) is 7.29. The third-order valence-corrected chi connectivity index (χ3v) is 1.58. The number of ether oxygens (including phenoxy) is 1.